The lowest BCUT2D eigenvalue weighted by atomic mass is 9.66. The van der Waals surface area contributed by atoms with Gasteiger partial charge in [0.15, 0.2) is 11.6 Å². The summed E-state index contributed by atoms with van der Waals surface area (Å²) in [5.74, 6) is -2.24. The topological polar surface area (TPSA) is 193 Å². The minimum atomic E-state index is -2.21. The number of allylic oxidation sites excluding steroid dienone is 4. The Kier molecular flexibility index (Phi) is 9.16. The number of pyridine rings is 1. The third-order valence-corrected chi connectivity index (χ3v) is 11.7. The van der Waals surface area contributed by atoms with Crippen LogP contribution >= 0.6 is 0 Å². The molecule has 7 rings (SSSR count). The number of rotatable bonds is 8. The van der Waals surface area contributed by atoms with Crippen LogP contribution in [0.15, 0.2) is 60.0 Å². The van der Waals surface area contributed by atoms with E-state index in [1.165, 1.54) is 25.3 Å². The number of nitrogens with two attached hydrogens (primary N) is 1. The highest BCUT2D eigenvalue weighted by Crippen LogP contribution is 2.50. The van der Waals surface area contributed by atoms with Gasteiger partial charge in [0.05, 0.1) is 24.0 Å². The number of nitrogen functional groups attached to an aromatic ring is 1. The average Bonchev–Trinajstić information content (AvgIpc) is 3.57. The molecule has 4 aliphatic carbocycles. The molecule has 11 nitrogen and oxygen atoms in total. The fourth-order valence-electron chi connectivity index (χ4n) is 9.20. The minimum Gasteiger partial charge on any atom is -0.511 e. The van der Waals surface area contributed by atoms with Gasteiger partial charge in [-0.15, -0.1) is 0 Å². The molecule has 2 heterocycles. The van der Waals surface area contributed by atoms with Gasteiger partial charge in [-0.05, 0) is 72.4 Å². The van der Waals surface area contributed by atoms with E-state index in [1.807, 2.05) is 12.1 Å². The zero-order valence-corrected chi connectivity index (χ0v) is 27.5. The highest BCUT2D eigenvalue weighted by molar-refractivity contribution is 6.19. The van der Waals surface area contributed by atoms with Crippen LogP contribution < -0.4 is 10.5 Å². The summed E-state index contributed by atoms with van der Waals surface area (Å²) >= 11 is 0. The first kappa shape index (κ1) is 33.9. The van der Waals surface area contributed by atoms with Crippen LogP contribution in [0, 0.1) is 17.8 Å². The largest absolute Gasteiger partial charge is 0.511 e. The van der Waals surface area contributed by atoms with Crippen molar-refractivity contribution in [1.29, 1.82) is 0 Å². The van der Waals surface area contributed by atoms with E-state index in [4.69, 9.17) is 15.2 Å². The molecule has 0 amide bonds. The molecule has 0 spiro atoms. The van der Waals surface area contributed by atoms with Crippen LogP contribution in [-0.2, 0) is 10.2 Å². The predicted octanol–water partition coefficient (Wildman–Crippen LogP) is 4.08. The van der Waals surface area contributed by atoms with Gasteiger partial charge in [0.25, 0.3) is 0 Å². The maximum atomic E-state index is 14.1. The zero-order valence-electron chi connectivity index (χ0n) is 27.5. The summed E-state index contributed by atoms with van der Waals surface area (Å²) in [4.78, 5) is 32.1. The number of aliphatic hydroxyl groups is 5. The normalized spacial score (nSPS) is 33.0. The molecule has 1 saturated heterocycles. The monoisotopic (exact) mass is 674 g/mol. The molecule has 49 heavy (non-hydrogen) atoms. The van der Waals surface area contributed by atoms with Crippen LogP contribution in [-0.4, -0.2) is 78.9 Å². The third kappa shape index (κ3) is 5.99. The van der Waals surface area contributed by atoms with Gasteiger partial charge >= 0.3 is 0 Å². The number of hydrogen-bond acceptors (Lipinski definition) is 11. The van der Waals surface area contributed by atoms with Crippen LogP contribution in [0.5, 0.6) is 5.75 Å². The lowest BCUT2D eigenvalue weighted by molar-refractivity contribution is -0.318. The first-order chi connectivity index (χ1) is 23.5. The molecule has 2 aromatic rings. The number of ether oxygens (including phenoxy) is 2. The van der Waals surface area contributed by atoms with Crippen LogP contribution in [0.1, 0.15) is 96.9 Å². The van der Waals surface area contributed by atoms with Crippen molar-refractivity contribution in [2.45, 2.75) is 106 Å². The number of fused-ring (bicyclic) bond motifs is 2. The highest BCUT2D eigenvalue weighted by atomic mass is 16.7. The van der Waals surface area contributed by atoms with E-state index < -0.39 is 59.8 Å². The molecule has 0 bridgehead atoms. The summed E-state index contributed by atoms with van der Waals surface area (Å²) in [6, 6.07) is 8.12. The maximum Gasteiger partial charge on any atom is 0.229 e. The van der Waals surface area contributed by atoms with Gasteiger partial charge in [-0.1, -0.05) is 63.2 Å². The number of aromatic nitrogens is 1. The van der Waals surface area contributed by atoms with Crippen molar-refractivity contribution in [2.75, 3.05) is 12.3 Å². The van der Waals surface area contributed by atoms with E-state index in [9.17, 15) is 35.1 Å². The van der Waals surface area contributed by atoms with Crippen LogP contribution in [0.2, 0.25) is 0 Å². The van der Waals surface area contributed by atoms with Gasteiger partial charge in [0.1, 0.15) is 41.2 Å². The van der Waals surface area contributed by atoms with Gasteiger partial charge in [-0.3, -0.25) is 9.59 Å². The van der Waals surface area contributed by atoms with E-state index in [0.29, 0.717) is 24.6 Å². The van der Waals surface area contributed by atoms with Crippen molar-refractivity contribution < 1.29 is 44.6 Å². The fourth-order valence-corrected chi connectivity index (χ4v) is 9.20. The van der Waals surface area contributed by atoms with Crippen molar-refractivity contribution in [3.8, 4) is 5.75 Å². The lowest BCUT2D eigenvalue weighted by Gasteiger charge is -2.50. The van der Waals surface area contributed by atoms with E-state index in [2.05, 4.69) is 4.98 Å². The molecule has 1 aromatic heterocycles. The molecule has 2 saturated carbocycles. The Morgan fingerprint density at radius 1 is 1.00 bits per heavy atom. The molecule has 3 fully saturated rings. The lowest BCUT2D eigenvalue weighted by Crippen LogP contribution is -2.69. The maximum absolute atomic E-state index is 14.1. The number of aliphatic hydroxyl groups excluding tert-OH is 4. The van der Waals surface area contributed by atoms with E-state index >= 15 is 0 Å². The number of ketones is 2. The number of hydrogen-bond donors (Lipinski definition) is 6. The molecule has 7 atom stereocenters. The number of Topliss-reactive ketones (excluding diaryl/α,β-unsaturated/α-hetero) is 2. The van der Waals surface area contributed by atoms with E-state index in [-0.39, 0.29) is 34.8 Å². The Morgan fingerprint density at radius 2 is 1.76 bits per heavy atom. The number of nitrogens with zero attached hydrogens (tertiary/aromatic N) is 1. The summed E-state index contributed by atoms with van der Waals surface area (Å²) in [6.07, 6.45) is 8.02. The molecule has 0 unspecified atom stereocenters. The molecule has 5 aliphatic rings. The summed E-state index contributed by atoms with van der Waals surface area (Å²) in [7, 11) is 0. The minimum absolute atomic E-state index is 0.0524. The van der Waals surface area contributed by atoms with E-state index in [0.717, 1.165) is 43.2 Å². The van der Waals surface area contributed by atoms with Gasteiger partial charge in [-0.25, -0.2) is 4.98 Å². The molecule has 262 valence electrons. The summed E-state index contributed by atoms with van der Waals surface area (Å²) in [5, 5.41) is 56.6. The third-order valence-electron chi connectivity index (χ3n) is 11.7. The second-order valence-corrected chi connectivity index (χ2v) is 14.8. The highest BCUT2D eigenvalue weighted by Gasteiger charge is 2.59. The summed E-state index contributed by atoms with van der Waals surface area (Å²) in [6.45, 7) is -0.687. The fraction of sp³-hybridized carbons (Fsp3) is 0.553. The van der Waals surface area contributed by atoms with Gasteiger partial charge in [0.2, 0.25) is 6.29 Å². The van der Waals surface area contributed by atoms with Gasteiger partial charge < -0.3 is 40.7 Å². The Bertz CT molecular complexity index is 1660. The van der Waals surface area contributed by atoms with E-state index in [1.54, 1.807) is 30.5 Å². The van der Waals surface area contributed by atoms with Crippen molar-refractivity contribution in [1.82, 2.24) is 4.98 Å². The molecule has 7 N–H and O–H groups in total. The van der Waals surface area contributed by atoms with Crippen LogP contribution in [0.25, 0.3) is 0 Å². The predicted molar refractivity (Wildman–Crippen MR) is 179 cm³/mol. The van der Waals surface area contributed by atoms with Crippen molar-refractivity contribution in [3.05, 3.63) is 76.7 Å². The van der Waals surface area contributed by atoms with Gasteiger partial charge in [0, 0.05) is 11.8 Å². The molecule has 1 aliphatic heterocycles. The van der Waals surface area contributed by atoms with Crippen molar-refractivity contribution in [2.24, 2.45) is 17.8 Å². The summed E-state index contributed by atoms with van der Waals surface area (Å²) < 4.78 is 12.0. The smallest absolute Gasteiger partial charge is 0.229 e. The molecular formula is C38H46N2O9. The molecule has 0 radical (unpaired) electrons. The Labute approximate surface area is 285 Å². The number of benzene rings is 1. The number of carbonyl (C=O) groups is 2. The van der Waals surface area contributed by atoms with Gasteiger partial charge in [-0.2, -0.15) is 0 Å². The first-order valence-corrected chi connectivity index (χ1v) is 17.6. The summed E-state index contributed by atoms with van der Waals surface area (Å²) in [5.41, 5.74) is 4.91. The van der Waals surface area contributed by atoms with Crippen LogP contribution in [0.3, 0.4) is 0 Å². The SMILES string of the molecule is Nc1cc(C2(C[C@]3(O)[C@H](O)[C@@H](CO)O[C@@H](Oc4cccc5c4C(=O)[C@@H]4C(O)=CC(CC6CCCCC6)=C[C@@H]4C5=O)[C@@H]3O)CCCC2)ccn1. The Morgan fingerprint density at radius 3 is 2.47 bits per heavy atom. The Balaban J connectivity index is 1.18. The van der Waals surface area contributed by atoms with Crippen LogP contribution in [0.4, 0.5) is 5.82 Å². The second kappa shape index (κ2) is 13.3. The molecule has 11 heteroatoms. The van der Waals surface area contributed by atoms with Crippen molar-refractivity contribution in [3.63, 3.8) is 0 Å². The molecular weight excluding hydrogens is 628 g/mol. The first-order valence-electron chi connectivity index (χ1n) is 17.6. The standard InChI is InChI=1S/C38H46N2O9/c39-29-18-23(11-14-40-29)37(12-4-5-13-37)20-38(47)34(45)28(19-41)49-36(35(38)46)48-27-10-6-9-24-31(27)33(44)30-25(32(24)43)16-22(17-26(30)42)15-21-7-2-1-3-8-21/h6,9-11,14,16-18,21,25,28,30,34-36,41-42,45-47H,1-5,7-8,12-13,15,19-20H2,(H2,39,40)/t25-,28+,30-,34+,35-,36+,38-/m0/s1. The number of carbonyl (C=O) groups excluding carboxylic acids is 2. The number of anilines is 1. The van der Waals surface area contributed by atoms with Crippen molar-refractivity contribution >= 4 is 17.4 Å². The Hall–Kier alpha value is -3.61. The second-order valence-electron chi connectivity index (χ2n) is 14.8. The quantitative estimate of drug-likeness (QED) is 0.236. The average molecular weight is 675 g/mol. The zero-order chi connectivity index (χ0) is 34.5. The molecule has 1 aromatic carbocycles.